The Morgan fingerprint density at radius 3 is 2.89 bits per heavy atom. The first-order valence-corrected chi connectivity index (χ1v) is 6.29. The summed E-state index contributed by atoms with van der Waals surface area (Å²) in [6, 6.07) is 5.10. The van der Waals surface area contributed by atoms with Crippen LogP contribution in [-0.2, 0) is 6.42 Å². The molecule has 0 radical (unpaired) electrons. The van der Waals surface area contributed by atoms with E-state index in [9.17, 15) is 4.39 Å². The number of aromatic nitrogens is 2. The highest BCUT2D eigenvalue weighted by atomic mass is 32.1. The van der Waals surface area contributed by atoms with Crippen LogP contribution in [0.4, 0.5) is 4.39 Å². The van der Waals surface area contributed by atoms with E-state index in [0.29, 0.717) is 6.42 Å². The maximum Gasteiger partial charge on any atom is 0.165 e. The molecule has 1 heterocycles. The summed E-state index contributed by atoms with van der Waals surface area (Å²) in [5.74, 6) is -0.0773. The van der Waals surface area contributed by atoms with Crippen LogP contribution in [0, 0.1) is 5.82 Å². The molecule has 96 valence electrons. The molecule has 4 nitrogen and oxygen atoms in total. The van der Waals surface area contributed by atoms with Crippen molar-refractivity contribution in [2.24, 2.45) is 0 Å². The van der Waals surface area contributed by atoms with Crippen molar-refractivity contribution >= 4 is 11.5 Å². The monoisotopic (exact) mass is 267 g/mol. The molecule has 6 heteroatoms. The van der Waals surface area contributed by atoms with Gasteiger partial charge in [0, 0.05) is 6.04 Å². The summed E-state index contributed by atoms with van der Waals surface area (Å²) in [5, 5.41) is 6.99. The third kappa shape index (κ3) is 2.83. The van der Waals surface area contributed by atoms with Crippen molar-refractivity contribution in [3.05, 3.63) is 40.7 Å². The van der Waals surface area contributed by atoms with Crippen LogP contribution in [0.1, 0.15) is 16.5 Å². The lowest BCUT2D eigenvalue weighted by atomic mass is 10.0. The average Bonchev–Trinajstić information content (AvgIpc) is 2.90. The minimum atomic E-state index is -0.340. The van der Waals surface area contributed by atoms with E-state index in [4.69, 9.17) is 4.74 Å². The summed E-state index contributed by atoms with van der Waals surface area (Å²) < 4.78 is 22.3. The van der Waals surface area contributed by atoms with Crippen molar-refractivity contribution in [1.82, 2.24) is 14.9 Å². The summed E-state index contributed by atoms with van der Waals surface area (Å²) in [6.45, 7) is 0. The lowest BCUT2D eigenvalue weighted by Gasteiger charge is -2.14. The molecule has 0 aliphatic heterocycles. The molecule has 2 rings (SSSR count). The highest BCUT2D eigenvalue weighted by Crippen LogP contribution is 2.23. The summed E-state index contributed by atoms with van der Waals surface area (Å²) in [4.78, 5) is 1.04. The van der Waals surface area contributed by atoms with Crippen LogP contribution in [0.15, 0.2) is 24.4 Å². The normalized spacial score (nSPS) is 12.4. The number of ether oxygens (including phenoxy) is 1. The van der Waals surface area contributed by atoms with Gasteiger partial charge >= 0.3 is 0 Å². The minimum absolute atomic E-state index is 0.0952. The van der Waals surface area contributed by atoms with Crippen LogP contribution >= 0.6 is 11.5 Å². The lowest BCUT2D eigenvalue weighted by Crippen LogP contribution is -2.17. The molecule has 2 aromatic rings. The molecule has 1 unspecified atom stereocenters. The van der Waals surface area contributed by atoms with Gasteiger partial charge in [-0.3, -0.25) is 0 Å². The van der Waals surface area contributed by atoms with Crippen LogP contribution in [0.5, 0.6) is 5.75 Å². The van der Waals surface area contributed by atoms with Gasteiger partial charge in [-0.2, -0.15) is 0 Å². The predicted octanol–water partition coefficient (Wildman–Crippen LogP) is 2.19. The van der Waals surface area contributed by atoms with Gasteiger partial charge in [-0.15, -0.1) is 5.10 Å². The molecular weight excluding hydrogens is 253 g/mol. The van der Waals surface area contributed by atoms with E-state index in [-0.39, 0.29) is 17.6 Å². The van der Waals surface area contributed by atoms with Gasteiger partial charge in [0.15, 0.2) is 11.6 Å². The van der Waals surface area contributed by atoms with E-state index < -0.39 is 0 Å². The molecule has 0 fully saturated rings. The zero-order valence-corrected chi connectivity index (χ0v) is 11.0. The lowest BCUT2D eigenvalue weighted by molar-refractivity contribution is 0.386. The average molecular weight is 267 g/mol. The Kier molecular flexibility index (Phi) is 4.22. The summed E-state index contributed by atoms with van der Waals surface area (Å²) >= 11 is 1.34. The van der Waals surface area contributed by atoms with Gasteiger partial charge in [0.25, 0.3) is 0 Å². The van der Waals surface area contributed by atoms with Gasteiger partial charge in [0.1, 0.15) is 0 Å². The second kappa shape index (κ2) is 5.88. The predicted molar refractivity (Wildman–Crippen MR) is 68.4 cm³/mol. The van der Waals surface area contributed by atoms with Gasteiger partial charge in [-0.1, -0.05) is 10.6 Å². The molecule has 1 aromatic heterocycles. The summed E-state index contributed by atoms with van der Waals surface area (Å²) in [6.07, 6.45) is 2.41. The van der Waals surface area contributed by atoms with Gasteiger partial charge in [-0.25, -0.2) is 4.39 Å². The van der Waals surface area contributed by atoms with E-state index in [1.54, 1.807) is 12.3 Å². The highest BCUT2D eigenvalue weighted by molar-refractivity contribution is 7.05. The van der Waals surface area contributed by atoms with Gasteiger partial charge < -0.3 is 10.1 Å². The quantitative estimate of drug-likeness (QED) is 0.902. The zero-order chi connectivity index (χ0) is 13.0. The van der Waals surface area contributed by atoms with Crippen molar-refractivity contribution in [2.75, 3.05) is 14.2 Å². The number of hydrogen-bond donors (Lipinski definition) is 1. The summed E-state index contributed by atoms with van der Waals surface area (Å²) in [7, 11) is 3.32. The van der Waals surface area contributed by atoms with Gasteiger partial charge in [-0.05, 0) is 42.7 Å². The molecule has 1 aromatic carbocycles. The molecular formula is C12H14FN3OS. The first kappa shape index (κ1) is 12.9. The van der Waals surface area contributed by atoms with Crippen molar-refractivity contribution in [1.29, 1.82) is 0 Å². The van der Waals surface area contributed by atoms with Crippen LogP contribution < -0.4 is 10.1 Å². The summed E-state index contributed by atoms with van der Waals surface area (Å²) in [5.41, 5.74) is 0.904. The Morgan fingerprint density at radius 2 is 2.33 bits per heavy atom. The number of nitrogens with zero attached hydrogens (tertiary/aromatic N) is 2. The smallest absolute Gasteiger partial charge is 0.165 e. The largest absolute Gasteiger partial charge is 0.494 e. The Labute approximate surface area is 109 Å². The van der Waals surface area contributed by atoms with Gasteiger partial charge in [0.05, 0.1) is 18.2 Å². The van der Waals surface area contributed by atoms with E-state index in [1.165, 1.54) is 24.7 Å². The van der Waals surface area contributed by atoms with Crippen molar-refractivity contribution in [3.63, 3.8) is 0 Å². The van der Waals surface area contributed by atoms with Gasteiger partial charge in [0.2, 0.25) is 0 Å². The van der Waals surface area contributed by atoms with Crippen molar-refractivity contribution < 1.29 is 9.13 Å². The maximum atomic E-state index is 13.6. The Balaban J connectivity index is 2.15. The third-order valence-corrected chi connectivity index (χ3v) is 3.50. The maximum absolute atomic E-state index is 13.6. The van der Waals surface area contributed by atoms with E-state index >= 15 is 0 Å². The fourth-order valence-corrected chi connectivity index (χ4v) is 2.36. The molecule has 0 bridgehead atoms. The SMILES string of the molecule is CNC(Cc1ccc(OC)c(F)c1)c1cnns1. The van der Waals surface area contributed by atoms with Crippen LogP contribution in [-0.4, -0.2) is 23.7 Å². The molecule has 0 aliphatic rings. The molecule has 0 aliphatic carbocycles. The standard InChI is InChI=1S/C12H14FN3OS/c1-14-10(12-7-15-16-18-12)6-8-3-4-11(17-2)9(13)5-8/h3-5,7,10,14H,6H2,1-2H3. The third-order valence-electron chi connectivity index (χ3n) is 2.73. The number of likely N-dealkylation sites (N-methyl/N-ethyl adjacent to an activating group) is 1. The molecule has 0 spiro atoms. The second-order valence-corrected chi connectivity index (χ2v) is 4.65. The molecule has 18 heavy (non-hydrogen) atoms. The number of benzene rings is 1. The van der Waals surface area contributed by atoms with E-state index in [2.05, 4.69) is 14.9 Å². The fraction of sp³-hybridized carbons (Fsp3) is 0.333. The highest BCUT2D eigenvalue weighted by Gasteiger charge is 2.13. The Bertz CT molecular complexity index is 504. The van der Waals surface area contributed by atoms with Crippen molar-refractivity contribution in [3.8, 4) is 5.75 Å². The Morgan fingerprint density at radius 1 is 1.50 bits per heavy atom. The van der Waals surface area contributed by atoms with Crippen molar-refractivity contribution in [2.45, 2.75) is 12.5 Å². The number of nitrogens with one attached hydrogen (secondary N) is 1. The fourth-order valence-electron chi connectivity index (χ4n) is 1.75. The van der Waals surface area contributed by atoms with Crippen LogP contribution in [0.3, 0.4) is 0 Å². The number of halogens is 1. The molecule has 0 saturated carbocycles. The van der Waals surface area contributed by atoms with E-state index in [0.717, 1.165) is 10.4 Å². The van der Waals surface area contributed by atoms with Crippen LogP contribution in [0.25, 0.3) is 0 Å². The van der Waals surface area contributed by atoms with E-state index in [1.807, 2.05) is 13.1 Å². The molecule has 1 atom stereocenters. The van der Waals surface area contributed by atoms with Crippen LogP contribution in [0.2, 0.25) is 0 Å². The second-order valence-electron chi connectivity index (χ2n) is 3.83. The molecule has 0 amide bonds. The number of hydrogen-bond acceptors (Lipinski definition) is 5. The molecule has 1 N–H and O–H groups in total. The minimum Gasteiger partial charge on any atom is -0.494 e. The molecule has 0 saturated heterocycles. The topological polar surface area (TPSA) is 47.0 Å². The zero-order valence-electron chi connectivity index (χ0n) is 10.2. The number of methoxy groups -OCH3 is 1. The Hall–Kier alpha value is -1.53. The number of rotatable bonds is 5. The first-order valence-electron chi connectivity index (χ1n) is 5.51. The first-order chi connectivity index (χ1) is 8.74.